The van der Waals surface area contributed by atoms with Gasteiger partial charge in [0, 0.05) is 19.5 Å². The SMILES string of the molecule is CCOC(=O)C1=c2s/c(=C/c3ccc(C)s3)c(=O)n2C(N)=C(C#N)[C@H]1c1ccc(C)s1. The molecule has 6 nitrogen and oxygen atoms in total. The third-order valence-electron chi connectivity index (χ3n) is 4.84. The first-order chi connectivity index (χ1) is 14.8. The van der Waals surface area contributed by atoms with Crippen molar-refractivity contribution in [3.63, 3.8) is 0 Å². The molecule has 1 aliphatic rings. The molecule has 0 unspecified atom stereocenters. The number of nitrogens with two attached hydrogens (primary N) is 1. The van der Waals surface area contributed by atoms with E-state index < -0.39 is 11.9 Å². The Morgan fingerprint density at radius 2 is 1.94 bits per heavy atom. The van der Waals surface area contributed by atoms with Crippen molar-refractivity contribution in [1.82, 2.24) is 4.57 Å². The summed E-state index contributed by atoms with van der Waals surface area (Å²) in [7, 11) is 0. The molecule has 4 heterocycles. The van der Waals surface area contributed by atoms with E-state index in [-0.39, 0.29) is 29.1 Å². The maximum atomic E-state index is 13.2. The van der Waals surface area contributed by atoms with E-state index in [1.54, 1.807) is 24.3 Å². The lowest BCUT2D eigenvalue weighted by Gasteiger charge is -2.23. The number of aromatic nitrogens is 1. The Balaban J connectivity index is 2.10. The molecule has 4 rings (SSSR count). The van der Waals surface area contributed by atoms with Gasteiger partial charge in [0.25, 0.3) is 5.56 Å². The number of nitrogens with zero attached hydrogens (tertiary/aromatic N) is 2. The number of aryl methyl sites for hydroxylation is 2. The molecule has 1 aliphatic heterocycles. The average molecular weight is 470 g/mol. The smallest absolute Gasteiger partial charge is 0.338 e. The van der Waals surface area contributed by atoms with Gasteiger partial charge in [-0.05, 0) is 51.1 Å². The Labute approximate surface area is 190 Å². The Morgan fingerprint density at radius 1 is 1.23 bits per heavy atom. The average Bonchev–Trinajstić information content (AvgIpc) is 3.42. The lowest BCUT2D eigenvalue weighted by Crippen LogP contribution is -2.40. The van der Waals surface area contributed by atoms with Crippen LogP contribution in [0.15, 0.2) is 34.6 Å². The van der Waals surface area contributed by atoms with Gasteiger partial charge in [-0.15, -0.1) is 34.0 Å². The van der Waals surface area contributed by atoms with Crippen molar-refractivity contribution in [3.8, 4) is 6.07 Å². The van der Waals surface area contributed by atoms with Crippen LogP contribution in [-0.4, -0.2) is 17.1 Å². The maximum absolute atomic E-state index is 13.2. The number of carbonyl (C=O) groups excluding carboxylic acids is 1. The van der Waals surface area contributed by atoms with E-state index in [2.05, 4.69) is 6.07 Å². The molecule has 0 amide bonds. The molecule has 3 aromatic heterocycles. The Kier molecular flexibility index (Phi) is 5.71. The van der Waals surface area contributed by atoms with Gasteiger partial charge in [-0.25, -0.2) is 4.79 Å². The zero-order chi connectivity index (χ0) is 22.3. The molecule has 31 heavy (non-hydrogen) atoms. The second-order valence-corrected chi connectivity index (χ2v) is 10.6. The van der Waals surface area contributed by atoms with Crippen LogP contribution in [0.5, 0.6) is 0 Å². The largest absolute Gasteiger partial charge is 0.463 e. The molecule has 0 saturated heterocycles. The highest BCUT2D eigenvalue weighted by molar-refractivity contribution is 7.13. The van der Waals surface area contributed by atoms with Crippen molar-refractivity contribution in [2.45, 2.75) is 26.7 Å². The molecule has 158 valence electrons. The Morgan fingerprint density at radius 3 is 2.52 bits per heavy atom. The van der Waals surface area contributed by atoms with Gasteiger partial charge in [0.05, 0.1) is 34.3 Å². The monoisotopic (exact) mass is 469 g/mol. The summed E-state index contributed by atoms with van der Waals surface area (Å²) in [6.45, 7) is 5.86. The molecule has 0 spiro atoms. The summed E-state index contributed by atoms with van der Waals surface area (Å²) < 4.78 is 7.47. The van der Waals surface area contributed by atoms with Crippen LogP contribution < -0.4 is 20.5 Å². The normalized spacial score (nSPS) is 16.4. The quantitative estimate of drug-likeness (QED) is 0.593. The second kappa shape index (κ2) is 8.30. The first-order valence-corrected chi connectivity index (χ1v) is 12.0. The van der Waals surface area contributed by atoms with Gasteiger partial charge < -0.3 is 10.5 Å². The van der Waals surface area contributed by atoms with Crippen LogP contribution in [0, 0.1) is 25.2 Å². The molecule has 9 heteroatoms. The third-order valence-corrected chi connectivity index (χ3v) is 7.97. The molecular weight excluding hydrogens is 450 g/mol. The summed E-state index contributed by atoms with van der Waals surface area (Å²) in [5.74, 6) is -1.16. The van der Waals surface area contributed by atoms with Gasteiger partial charge in [0.15, 0.2) is 0 Å². The van der Waals surface area contributed by atoms with E-state index in [0.29, 0.717) is 9.20 Å². The number of rotatable bonds is 4. The number of allylic oxidation sites excluding steroid dienone is 1. The minimum absolute atomic E-state index is 0.0601. The van der Waals surface area contributed by atoms with E-state index in [1.807, 2.05) is 38.1 Å². The molecule has 0 saturated carbocycles. The fraction of sp³-hybridized carbons (Fsp3) is 0.227. The first-order valence-electron chi connectivity index (χ1n) is 9.53. The van der Waals surface area contributed by atoms with Crippen LogP contribution in [0.2, 0.25) is 0 Å². The summed E-state index contributed by atoms with van der Waals surface area (Å²) in [6.07, 6.45) is 1.79. The molecule has 1 atom stereocenters. The minimum atomic E-state index is -0.669. The number of thiazole rings is 1. The van der Waals surface area contributed by atoms with Crippen LogP contribution in [0.4, 0.5) is 0 Å². The van der Waals surface area contributed by atoms with Crippen molar-refractivity contribution < 1.29 is 9.53 Å². The molecule has 0 bridgehead atoms. The van der Waals surface area contributed by atoms with Gasteiger partial charge in [0.2, 0.25) is 0 Å². The fourth-order valence-electron chi connectivity index (χ4n) is 3.51. The van der Waals surface area contributed by atoms with Crippen molar-refractivity contribution in [1.29, 1.82) is 5.26 Å². The van der Waals surface area contributed by atoms with Crippen molar-refractivity contribution in [2.75, 3.05) is 6.61 Å². The molecular formula is C22H19N3O3S3. The van der Waals surface area contributed by atoms with Gasteiger partial charge in [0.1, 0.15) is 10.5 Å². The first kappa shape index (κ1) is 21.3. The van der Waals surface area contributed by atoms with E-state index in [0.717, 1.165) is 19.5 Å². The summed E-state index contributed by atoms with van der Waals surface area (Å²) in [6, 6.07) is 9.88. The molecule has 0 aliphatic carbocycles. The third kappa shape index (κ3) is 3.67. The topological polar surface area (TPSA) is 98.1 Å². The fourth-order valence-corrected chi connectivity index (χ4v) is 6.56. The summed E-state index contributed by atoms with van der Waals surface area (Å²) in [5, 5.41) is 9.92. The second-order valence-electron chi connectivity index (χ2n) is 6.93. The summed E-state index contributed by atoms with van der Waals surface area (Å²) in [5.41, 5.74) is 6.44. The van der Waals surface area contributed by atoms with Gasteiger partial charge in [-0.2, -0.15) is 5.26 Å². The molecule has 2 N–H and O–H groups in total. The highest BCUT2D eigenvalue weighted by Crippen LogP contribution is 2.39. The van der Waals surface area contributed by atoms with Gasteiger partial charge in [-0.1, -0.05) is 0 Å². The number of carbonyl (C=O) groups is 1. The zero-order valence-corrected chi connectivity index (χ0v) is 19.5. The number of nitriles is 1. The highest BCUT2D eigenvalue weighted by Gasteiger charge is 2.37. The minimum Gasteiger partial charge on any atom is -0.463 e. The van der Waals surface area contributed by atoms with Crippen LogP contribution in [-0.2, 0) is 9.53 Å². The van der Waals surface area contributed by atoms with Crippen LogP contribution in [0.1, 0.15) is 32.4 Å². The van der Waals surface area contributed by atoms with Gasteiger partial charge >= 0.3 is 5.97 Å². The molecule has 3 aromatic rings. The number of ether oxygens (including phenoxy) is 1. The lowest BCUT2D eigenvalue weighted by molar-refractivity contribution is -0.136. The number of thiophene rings is 2. The summed E-state index contributed by atoms with van der Waals surface area (Å²) in [4.78, 5) is 30.2. The standard InChI is InChI=1S/C22H19N3O3S3/c1-4-28-22(27)18-17(15-8-6-12(3)30-15)14(10-23)19(24)25-20(26)16(31-21(18)25)9-13-7-5-11(2)29-13/h5-9,17H,4,24H2,1-3H3/b16-9+/t17-/m0/s1. The predicted molar refractivity (Wildman–Crippen MR) is 125 cm³/mol. The van der Waals surface area contributed by atoms with Crippen LogP contribution in [0.25, 0.3) is 17.5 Å². The highest BCUT2D eigenvalue weighted by atomic mass is 32.1. The zero-order valence-electron chi connectivity index (χ0n) is 17.1. The maximum Gasteiger partial charge on any atom is 0.338 e. The van der Waals surface area contributed by atoms with Crippen molar-refractivity contribution >= 4 is 57.4 Å². The van der Waals surface area contributed by atoms with E-state index in [1.165, 1.54) is 27.2 Å². The van der Waals surface area contributed by atoms with E-state index in [4.69, 9.17) is 10.5 Å². The van der Waals surface area contributed by atoms with E-state index >= 15 is 0 Å². The van der Waals surface area contributed by atoms with Crippen molar-refractivity contribution in [3.05, 3.63) is 68.9 Å². The number of hydrogen-bond acceptors (Lipinski definition) is 8. The number of hydrogen-bond donors (Lipinski definition) is 1. The molecule has 0 aromatic carbocycles. The Bertz CT molecular complexity index is 1440. The van der Waals surface area contributed by atoms with Crippen molar-refractivity contribution in [2.24, 2.45) is 5.73 Å². The molecule has 0 fully saturated rings. The molecule has 0 radical (unpaired) electrons. The predicted octanol–water partition coefficient (Wildman–Crippen LogP) is 2.64. The number of fused-ring (bicyclic) bond motifs is 1. The van der Waals surface area contributed by atoms with E-state index in [9.17, 15) is 14.9 Å². The van der Waals surface area contributed by atoms with Gasteiger partial charge in [-0.3, -0.25) is 9.36 Å². The number of esters is 1. The lowest BCUT2D eigenvalue weighted by atomic mass is 9.88. The summed E-state index contributed by atoms with van der Waals surface area (Å²) >= 11 is 4.25. The Hall–Kier alpha value is -2.93. The van der Waals surface area contributed by atoms with Crippen LogP contribution in [0.3, 0.4) is 0 Å². The van der Waals surface area contributed by atoms with Crippen LogP contribution >= 0.6 is 34.0 Å².